The molecule has 1 saturated heterocycles. The van der Waals surface area contributed by atoms with E-state index in [1.54, 1.807) is 60.8 Å². The predicted molar refractivity (Wildman–Crippen MR) is 119 cm³/mol. The number of rotatable bonds is 6. The molecule has 1 amide bonds. The number of amides is 1. The number of aromatic nitrogens is 1. The predicted octanol–water partition coefficient (Wildman–Crippen LogP) is 4.20. The minimum atomic E-state index is -0.951. The number of phenolic OH excluding ortho intramolecular Hbond substituents is 1. The van der Waals surface area contributed by atoms with E-state index in [0.717, 1.165) is 6.42 Å². The molecule has 1 aliphatic rings. The lowest BCUT2D eigenvalue weighted by molar-refractivity contribution is -0.132. The Morgan fingerprint density at radius 3 is 2.47 bits per heavy atom. The van der Waals surface area contributed by atoms with E-state index in [0.29, 0.717) is 23.5 Å². The molecule has 0 radical (unpaired) electrons. The van der Waals surface area contributed by atoms with Gasteiger partial charge in [-0.15, -0.1) is 0 Å². The molecule has 0 bridgehead atoms. The highest BCUT2D eigenvalue weighted by molar-refractivity contribution is 6.51. The van der Waals surface area contributed by atoms with Gasteiger partial charge in [-0.25, -0.2) is 0 Å². The minimum absolute atomic E-state index is 0.0755. The molecule has 1 aliphatic heterocycles. The summed E-state index contributed by atoms with van der Waals surface area (Å²) in [6.07, 6.45) is 3.96. The summed E-state index contributed by atoms with van der Waals surface area (Å²) in [4.78, 5) is 31.4. The number of para-hydroxylation sites is 2. The molecule has 1 atom stereocenters. The number of carbonyl (C=O) groups is 2. The standard InChI is InChI=1S/C25H22N2O5/c1-2-14-32-18-11-9-16(10-12-18)23(29)21-22(17-6-5-13-26-15-17)27(25(31)24(21)30)19-7-3-4-8-20(19)28/h3-13,15,22,28-29H,2,14H2,1H3/b23-21+. The molecule has 2 N–H and O–H groups in total. The van der Waals surface area contributed by atoms with Crippen LogP contribution in [-0.4, -0.2) is 33.5 Å². The summed E-state index contributed by atoms with van der Waals surface area (Å²) in [6.45, 7) is 2.57. The van der Waals surface area contributed by atoms with Crippen LogP contribution in [0.1, 0.15) is 30.5 Å². The van der Waals surface area contributed by atoms with E-state index in [4.69, 9.17) is 4.74 Å². The number of aliphatic hydroxyl groups is 1. The van der Waals surface area contributed by atoms with E-state index >= 15 is 0 Å². The number of pyridine rings is 1. The number of nitrogens with zero attached hydrogens (tertiary/aromatic N) is 2. The minimum Gasteiger partial charge on any atom is -0.507 e. The Kier molecular flexibility index (Phi) is 5.89. The van der Waals surface area contributed by atoms with Crippen LogP contribution in [0.5, 0.6) is 11.5 Å². The van der Waals surface area contributed by atoms with Gasteiger partial charge in [-0.05, 0) is 54.4 Å². The van der Waals surface area contributed by atoms with Crippen molar-refractivity contribution in [3.05, 3.63) is 89.8 Å². The lowest BCUT2D eigenvalue weighted by Gasteiger charge is -2.25. The molecule has 2 heterocycles. The lowest BCUT2D eigenvalue weighted by atomic mass is 9.96. The zero-order valence-corrected chi connectivity index (χ0v) is 17.4. The maximum absolute atomic E-state index is 13.1. The quantitative estimate of drug-likeness (QED) is 0.345. The van der Waals surface area contributed by atoms with Gasteiger partial charge >= 0.3 is 0 Å². The van der Waals surface area contributed by atoms with Crippen molar-refractivity contribution in [1.82, 2.24) is 4.98 Å². The smallest absolute Gasteiger partial charge is 0.300 e. The summed E-state index contributed by atoms with van der Waals surface area (Å²) in [5, 5.41) is 21.5. The second-order valence-electron chi connectivity index (χ2n) is 7.32. The van der Waals surface area contributed by atoms with E-state index < -0.39 is 17.7 Å². The summed E-state index contributed by atoms with van der Waals surface area (Å²) in [5.41, 5.74) is 0.997. The van der Waals surface area contributed by atoms with E-state index in [1.807, 2.05) is 6.92 Å². The Bertz CT molecular complexity index is 1170. The van der Waals surface area contributed by atoms with Crippen LogP contribution in [0.2, 0.25) is 0 Å². The van der Waals surface area contributed by atoms with Gasteiger partial charge in [-0.2, -0.15) is 0 Å². The number of hydrogen-bond acceptors (Lipinski definition) is 6. The van der Waals surface area contributed by atoms with Crippen LogP contribution in [-0.2, 0) is 9.59 Å². The van der Waals surface area contributed by atoms with Gasteiger partial charge in [-0.3, -0.25) is 19.5 Å². The molecule has 1 fully saturated rings. The molecule has 0 spiro atoms. The topological polar surface area (TPSA) is 100.0 Å². The van der Waals surface area contributed by atoms with E-state index in [-0.39, 0.29) is 22.8 Å². The van der Waals surface area contributed by atoms with Gasteiger partial charge in [0, 0.05) is 18.0 Å². The van der Waals surface area contributed by atoms with Gasteiger partial charge in [0.1, 0.15) is 17.3 Å². The molecular formula is C25H22N2O5. The third-order valence-corrected chi connectivity index (χ3v) is 5.19. The number of carbonyl (C=O) groups excluding carboxylic acids is 2. The van der Waals surface area contributed by atoms with Crippen molar-refractivity contribution in [3.8, 4) is 11.5 Å². The Hall–Kier alpha value is -4.13. The highest BCUT2D eigenvalue weighted by Crippen LogP contribution is 2.44. The Morgan fingerprint density at radius 2 is 1.81 bits per heavy atom. The van der Waals surface area contributed by atoms with Gasteiger partial charge in [-0.1, -0.05) is 25.1 Å². The van der Waals surface area contributed by atoms with Crippen LogP contribution in [0, 0.1) is 0 Å². The fourth-order valence-corrected chi connectivity index (χ4v) is 3.69. The van der Waals surface area contributed by atoms with Gasteiger partial charge < -0.3 is 14.9 Å². The number of benzene rings is 2. The molecule has 0 saturated carbocycles. The first-order chi connectivity index (χ1) is 15.5. The number of aliphatic hydroxyl groups excluding tert-OH is 1. The Balaban J connectivity index is 1.85. The van der Waals surface area contributed by atoms with Crippen LogP contribution in [0.4, 0.5) is 5.69 Å². The van der Waals surface area contributed by atoms with Crippen molar-refractivity contribution in [2.75, 3.05) is 11.5 Å². The Labute approximate surface area is 185 Å². The summed E-state index contributed by atoms with van der Waals surface area (Å²) in [5.74, 6) is -1.50. The number of aromatic hydroxyl groups is 1. The zero-order valence-electron chi connectivity index (χ0n) is 17.4. The average molecular weight is 430 g/mol. The van der Waals surface area contributed by atoms with Gasteiger partial charge in [0.25, 0.3) is 11.7 Å². The molecule has 3 aromatic rings. The molecule has 4 rings (SSSR count). The first kappa shape index (κ1) is 21.1. The number of ether oxygens (including phenoxy) is 1. The fourth-order valence-electron chi connectivity index (χ4n) is 3.69. The maximum Gasteiger partial charge on any atom is 0.300 e. The van der Waals surface area contributed by atoms with E-state index in [1.165, 1.54) is 17.2 Å². The number of hydrogen-bond donors (Lipinski definition) is 2. The average Bonchev–Trinajstić information content (AvgIpc) is 3.09. The van der Waals surface area contributed by atoms with Crippen molar-refractivity contribution in [2.24, 2.45) is 0 Å². The largest absolute Gasteiger partial charge is 0.507 e. The molecule has 2 aromatic carbocycles. The van der Waals surface area contributed by atoms with Gasteiger partial charge in [0.15, 0.2) is 0 Å². The third kappa shape index (κ3) is 3.80. The summed E-state index contributed by atoms with van der Waals surface area (Å²) >= 11 is 0. The van der Waals surface area contributed by atoms with Crippen LogP contribution >= 0.6 is 0 Å². The second-order valence-corrected chi connectivity index (χ2v) is 7.32. The molecule has 7 heteroatoms. The number of Topliss-reactive ketones (excluding diaryl/α,β-unsaturated/α-hetero) is 1. The van der Waals surface area contributed by atoms with Crippen molar-refractivity contribution in [2.45, 2.75) is 19.4 Å². The van der Waals surface area contributed by atoms with Gasteiger partial charge in [0.05, 0.1) is 23.9 Å². The zero-order chi connectivity index (χ0) is 22.7. The Morgan fingerprint density at radius 1 is 1.06 bits per heavy atom. The van der Waals surface area contributed by atoms with Crippen LogP contribution in [0.25, 0.3) is 5.76 Å². The lowest BCUT2D eigenvalue weighted by Crippen LogP contribution is -2.29. The summed E-state index contributed by atoms with van der Waals surface area (Å²) in [7, 11) is 0. The highest BCUT2D eigenvalue weighted by atomic mass is 16.5. The molecule has 7 nitrogen and oxygen atoms in total. The number of anilines is 1. The van der Waals surface area contributed by atoms with Crippen molar-refractivity contribution < 1.29 is 24.5 Å². The second kappa shape index (κ2) is 8.93. The summed E-state index contributed by atoms with van der Waals surface area (Å²) < 4.78 is 5.57. The van der Waals surface area contributed by atoms with Crippen molar-refractivity contribution in [1.29, 1.82) is 0 Å². The van der Waals surface area contributed by atoms with Crippen LogP contribution < -0.4 is 9.64 Å². The van der Waals surface area contributed by atoms with E-state index in [9.17, 15) is 19.8 Å². The van der Waals surface area contributed by atoms with Crippen molar-refractivity contribution >= 4 is 23.1 Å². The van der Waals surface area contributed by atoms with Crippen molar-refractivity contribution in [3.63, 3.8) is 0 Å². The normalized spacial score (nSPS) is 17.5. The monoisotopic (exact) mass is 430 g/mol. The third-order valence-electron chi connectivity index (χ3n) is 5.19. The van der Waals surface area contributed by atoms with Gasteiger partial charge in [0.2, 0.25) is 0 Å². The van der Waals surface area contributed by atoms with Crippen LogP contribution in [0.3, 0.4) is 0 Å². The molecule has 0 aliphatic carbocycles. The molecule has 162 valence electrons. The first-order valence-corrected chi connectivity index (χ1v) is 10.2. The highest BCUT2D eigenvalue weighted by Gasteiger charge is 2.47. The number of phenols is 1. The molecule has 1 aromatic heterocycles. The summed E-state index contributed by atoms with van der Waals surface area (Å²) in [6, 6.07) is 15.4. The molecular weight excluding hydrogens is 408 g/mol. The maximum atomic E-state index is 13.1. The SMILES string of the molecule is CCCOc1ccc(/C(O)=C2\C(=O)C(=O)N(c3ccccc3O)C2c2cccnc2)cc1. The molecule has 1 unspecified atom stereocenters. The first-order valence-electron chi connectivity index (χ1n) is 10.2. The van der Waals surface area contributed by atoms with Crippen LogP contribution in [0.15, 0.2) is 78.6 Å². The fraction of sp³-hybridized carbons (Fsp3) is 0.160. The molecule has 32 heavy (non-hydrogen) atoms. The van der Waals surface area contributed by atoms with E-state index in [2.05, 4.69) is 4.98 Å². The number of ketones is 1.